The zero-order valence-electron chi connectivity index (χ0n) is 25.7. The van der Waals surface area contributed by atoms with Gasteiger partial charge in [0.25, 0.3) is 0 Å². The van der Waals surface area contributed by atoms with Crippen LogP contribution in [0.1, 0.15) is 63.1 Å². The summed E-state index contributed by atoms with van der Waals surface area (Å²) in [4.78, 5) is 29.8. The fourth-order valence-electron chi connectivity index (χ4n) is 5.52. The lowest BCUT2D eigenvalue weighted by Gasteiger charge is -2.34. The Labute approximate surface area is 271 Å². The molecule has 0 heterocycles. The van der Waals surface area contributed by atoms with E-state index in [9.17, 15) is 18.0 Å². The van der Waals surface area contributed by atoms with Crippen LogP contribution in [0.2, 0.25) is 10.0 Å². The van der Waals surface area contributed by atoms with Gasteiger partial charge in [0.2, 0.25) is 21.8 Å². The standard InChI is InChI=1S/C34H41Cl2N3O4S/c1-34(2,3)25-17-19-27(20-18-25)39(44(4,42)43)23-32(40)38(22-28-29(35)15-10-16-30(28)36)31(21-24-11-6-5-7-12-24)33(41)37-26-13-8-9-14-26/h5-7,10-12,15-20,26,31H,8-9,13-14,21-23H2,1-4H3,(H,37,41)/t31-/m1/s1. The molecular formula is C34H41Cl2N3O4S. The molecule has 0 spiro atoms. The van der Waals surface area contributed by atoms with Crippen LogP contribution in [0.15, 0.2) is 72.8 Å². The van der Waals surface area contributed by atoms with Gasteiger partial charge in [-0.2, -0.15) is 0 Å². The van der Waals surface area contributed by atoms with Crippen molar-refractivity contribution in [1.82, 2.24) is 10.2 Å². The minimum atomic E-state index is -3.87. The summed E-state index contributed by atoms with van der Waals surface area (Å²) in [5, 5.41) is 3.85. The second kappa shape index (κ2) is 14.4. The van der Waals surface area contributed by atoms with E-state index in [-0.39, 0.29) is 30.3 Å². The first-order chi connectivity index (χ1) is 20.7. The molecule has 2 amide bonds. The molecule has 4 rings (SSSR count). The maximum absolute atomic E-state index is 14.4. The topological polar surface area (TPSA) is 86.8 Å². The summed E-state index contributed by atoms with van der Waals surface area (Å²) in [6, 6.07) is 20.7. The molecule has 7 nitrogen and oxygen atoms in total. The second-order valence-corrected chi connectivity index (χ2v) is 15.2. The SMILES string of the molecule is CC(C)(C)c1ccc(N(CC(=O)N(Cc2c(Cl)cccc2Cl)[C@H](Cc2ccccc2)C(=O)NC2CCCC2)S(C)(=O)=O)cc1. The summed E-state index contributed by atoms with van der Waals surface area (Å²) in [6.07, 6.45) is 5.11. The molecule has 3 aromatic carbocycles. The van der Waals surface area contributed by atoms with Crippen LogP contribution in [0.4, 0.5) is 5.69 Å². The summed E-state index contributed by atoms with van der Waals surface area (Å²) >= 11 is 13.1. The monoisotopic (exact) mass is 657 g/mol. The van der Waals surface area contributed by atoms with Crippen LogP contribution in [0.25, 0.3) is 0 Å². The number of sulfonamides is 1. The first kappa shape index (κ1) is 33.8. The third-order valence-corrected chi connectivity index (χ3v) is 9.91. The van der Waals surface area contributed by atoms with E-state index in [1.807, 2.05) is 42.5 Å². The van der Waals surface area contributed by atoms with Crippen LogP contribution in [-0.4, -0.2) is 50.0 Å². The maximum atomic E-state index is 14.4. The summed E-state index contributed by atoms with van der Waals surface area (Å²) in [5.74, 6) is -0.841. The van der Waals surface area contributed by atoms with E-state index in [1.165, 1.54) is 4.90 Å². The van der Waals surface area contributed by atoms with Gasteiger partial charge in [-0.3, -0.25) is 13.9 Å². The lowest BCUT2D eigenvalue weighted by atomic mass is 9.87. The molecule has 0 radical (unpaired) electrons. The summed E-state index contributed by atoms with van der Waals surface area (Å²) < 4.78 is 27.3. The van der Waals surface area contributed by atoms with E-state index < -0.39 is 28.5 Å². The Hall–Kier alpha value is -3.07. The third kappa shape index (κ3) is 8.77. The van der Waals surface area contributed by atoms with Crippen molar-refractivity contribution in [1.29, 1.82) is 0 Å². The molecule has 10 heteroatoms. The zero-order valence-corrected chi connectivity index (χ0v) is 28.1. The van der Waals surface area contributed by atoms with Crippen molar-refractivity contribution in [3.05, 3.63) is 99.5 Å². The molecule has 0 unspecified atom stereocenters. The average molecular weight is 659 g/mol. The fourth-order valence-corrected chi connectivity index (χ4v) is 6.88. The van der Waals surface area contributed by atoms with Crippen LogP contribution in [-0.2, 0) is 38.0 Å². The maximum Gasteiger partial charge on any atom is 0.244 e. The fraction of sp³-hybridized carbons (Fsp3) is 0.412. The predicted molar refractivity (Wildman–Crippen MR) is 179 cm³/mol. The average Bonchev–Trinajstić information content (AvgIpc) is 3.47. The molecule has 236 valence electrons. The predicted octanol–water partition coefficient (Wildman–Crippen LogP) is 6.76. The van der Waals surface area contributed by atoms with Gasteiger partial charge in [-0.05, 0) is 53.6 Å². The van der Waals surface area contributed by atoms with Gasteiger partial charge in [0, 0.05) is 34.6 Å². The largest absolute Gasteiger partial charge is 0.352 e. The number of hydrogen-bond acceptors (Lipinski definition) is 4. The lowest BCUT2D eigenvalue weighted by Crippen LogP contribution is -2.54. The Kier molecular flexibility index (Phi) is 11.0. The number of carbonyl (C=O) groups is 2. The van der Waals surface area contributed by atoms with E-state index in [0.717, 1.165) is 47.4 Å². The van der Waals surface area contributed by atoms with Gasteiger partial charge in [-0.25, -0.2) is 8.42 Å². The number of nitrogens with zero attached hydrogens (tertiary/aromatic N) is 2. The molecule has 0 bridgehead atoms. The minimum absolute atomic E-state index is 0.0236. The highest BCUT2D eigenvalue weighted by atomic mass is 35.5. The number of rotatable bonds is 11. The molecule has 1 fully saturated rings. The molecule has 44 heavy (non-hydrogen) atoms. The van der Waals surface area contributed by atoms with Crippen molar-refractivity contribution in [3.63, 3.8) is 0 Å². The number of benzene rings is 3. The Bertz CT molecular complexity index is 1530. The Morgan fingerprint density at radius 2 is 1.50 bits per heavy atom. The molecule has 3 aromatic rings. The molecule has 1 saturated carbocycles. The summed E-state index contributed by atoms with van der Waals surface area (Å²) in [5.41, 5.74) is 2.60. The first-order valence-corrected chi connectivity index (χ1v) is 17.5. The Balaban J connectivity index is 1.75. The van der Waals surface area contributed by atoms with E-state index in [4.69, 9.17) is 23.2 Å². The highest BCUT2D eigenvalue weighted by molar-refractivity contribution is 7.92. The number of nitrogens with one attached hydrogen (secondary N) is 1. The molecule has 0 aromatic heterocycles. The van der Waals surface area contributed by atoms with Crippen molar-refractivity contribution in [2.24, 2.45) is 0 Å². The number of hydrogen-bond donors (Lipinski definition) is 1. The molecule has 1 aliphatic carbocycles. The molecule has 1 atom stereocenters. The summed E-state index contributed by atoms with van der Waals surface area (Å²) in [7, 11) is -3.87. The first-order valence-electron chi connectivity index (χ1n) is 14.9. The zero-order chi connectivity index (χ0) is 32.1. The quantitative estimate of drug-likeness (QED) is 0.247. The number of carbonyl (C=O) groups excluding carboxylic acids is 2. The lowest BCUT2D eigenvalue weighted by molar-refractivity contribution is -0.140. The molecule has 1 N–H and O–H groups in total. The van der Waals surface area contributed by atoms with Crippen LogP contribution >= 0.6 is 23.2 Å². The van der Waals surface area contributed by atoms with Crippen molar-refractivity contribution in [2.45, 2.75) is 76.9 Å². The highest BCUT2D eigenvalue weighted by Gasteiger charge is 2.35. The Morgan fingerprint density at radius 3 is 2.05 bits per heavy atom. The van der Waals surface area contributed by atoms with Gasteiger partial charge < -0.3 is 10.2 Å². The third-order valence-electron chi connectivity index (χ3n) is 8.06. The molecule has 0 saturated heterocycles. The smallest absolute Gasteiger partial charge is 0.244 e. The van der Waals surface area contributed by atoms with Gasteiger partial charge >= 0.3 is 0 Å². The minimum Gasteiger partial charge on any atom is -0.352 e. The van der Waals surface area contributed by atoms with Crippen LogP contribution in [0.5, 0.6) is 0 Å². The van der Waals surface area contributed by atoms with Crippen LogP contribution in [0.3, 0.4) is 0 Å². The van der Waals surface area contributed by atoms with Gasteiger partial charge in [-0.1, -0.05) is 105 Å². The molecule has 0 aliphatic heterocycles. The van der Waals surface area contributed by atoms with E-state index in [2.05, 4.69) is 26.1 Å². The van der Waals surface area contributed by atoms with E-state index >= 15 is 0 Å². The number of anilines is 1. The number of amides is 2. The highest BCUT2D eigenvalue weighted by Crippen LogP contribution is 2.29. The Morgan fingerprint density at radius 1 is 0.909 bits per heavy atom. The van der Waals surface area contributed by atoms with Gasteiger partial charge in [0.05, 0.1) is 11.9 Å². The van der Waals surface area contributed by atoms with Gasteiger partial charge in [0.1, 0.15) is 12.6 Å². The van der Waals surface area contributed by atoms with Crippen molar-refractivity contribution in [2.75, 3.05) is 17.1 Å². The van der Waals surface area contributed by atoms with Crippen LogP contribution in [0, 0.1) is 0 Å². The normalized spacial score (nSPS) is 14.7. The van der Waals surface area contributed by atoms with Crippen LogP contribution < -0.4 is 9.62 Å². The van der Waals surface area contributed by atoms with Crippen molar-refractivity contribution in [3.8, 4) is 0 Å². The van der Waals surface area contributed by atoms with E-state index in [1.54, 1.807) is 30.3 Å². The number of halogens is 2. The molecular weight excluding hydrogens is 617 g/mol. The molecule has 1 aliphatic rings. The second-order valence-electron chi connectivity index (χ2n) is 12.5. The van der Waals surface area contributed by atoms with Crippen molar-refractivity contribution >= 4 is 50.7 Å². The van der Waals surface area contributed by atoms with Gasteiger partial charge in [0.15, 0.2) is 0 Å². The summed E-state index contributed by atoms with van der Waals surface area (Å²) in [6.45, 7) is 5.63. The van der Waals surface area contributed by atoms with Gasteiger partial charge in [-0.15, -0.1) is 0 Å². The van der Waals surface area contributed by atoms with Crippen molar-refractivity contribution < 1.29 is 18.0 Å². The van der Waals surface area contributed by atoms with E-state index in [0.29, 0.717) is 21.3 Å².